The van der Waals surface area contributed by atoms with Crippen LogP contribution in [-0.2, 0) is 0 Å². The number of benzene rings is 1. The third-order valence-corrected chi connectivity index (χ3v) is 3.52. The van der Waals surface area contributed by atoms with Crippen molar-refractivity contribution in [2.45, 2.75) is 32.4 Å². The molecule has 20 heavy (non-hydrogen) atoms. The second-order valence-electron chi connectivity index (χ2n) is 5.82. The molecule has 112 valence electrons. The molecule has 0 heterocycles. The lowest BCUT2D eigenvalue weighted by atomic mass is 10.0. The quantitative estimate of drug-likeness (QED) is 0.774. The van der Waals surface area contributed by atoms with Gasteiger partial charge in [0, 0.05) is 17.8 Å². The van der Waals surface area contributed by atoms with E-state index in [-0.39, 0.29) is 11.6 Å². The van der Waals surface area contributed by atoms with Gasteiger partial charge in [-0.15, -0.1) is 0 Å². The third kappa shape index (κ3) is 4.83. The zero-order chi connectivity index (χ0) is 15.3. The van der Waals surface area contributed by atoms with Crippen LogP contribution in [0.1, 0.15) is 32.4 Å². The van der Waals surface area contributed by atoms with Gasteiger partial charge in [0.05, 0.1) is 6.10 Å². The first-order valence-corrected chi connectivity index (χ1v) is 6.72. The first kappa shape index (κ1) is 16.5. The molecule has 0 fully saturated rings. The number of nitrogens with zero attached hydrogens (tertiary/aromatic N) is 1. The molecule has 3 N–H and O–H groups in total. The summed E-state index contributed by atoms with van der Waals surface area (Å²) >= 11 is 0. The van der Waals surface area contributed by atoms with Gasteiger partial charge < -0.3 is 20.6 Å². The molecule has 0 aliphatic carbocycles. The van der Waals surface area contributed by atoms with Crippen molar-refractivity contribution in [3.63, 3.8) is 0 Å². The van der Waals surface area contributed by atoms with Crippen LogP contribution in [0.2, 0.25) is 0 Å². The van der Waals surface area contributed by atoms with Crippen LogP contribution in [0.15, 0.2) is 24.3 Å². The second kappa shape index (κ2) is 6.72. The highest BCUT2D eigenvalue weighted by atomic mass is 16.3. The van der Waals surface area contributed by atoms with Gasteiger partial charge in [-0.25, -0.2) is 4.79 Å². The van der Waals surface area contributed by atoms with Crippen molar-refractivity contribution in [1.29, 1.82) is 0 Å². The van der Waals surface area contributed by atoms with Crippen molar-refractivity contribution < 1.29 is 9.90 Å². The normalized spacial score (nSPS) is 13.2. The molecule has 0 aliphatic rings. The SMILES string of the molecule is CC(O)c1cccc(NC(=O)NCC(C)(C)N(C)C)c1. The van der Waals surface area contributed by atoms with E-state index in [1.807, 2.05) is 20.2 Å². The number of urea groups is 1. The number of anilines is 1. The molecule has 2 amide bonds. The second-order valence-corrected chi connectivity index (χ2v) is 5.82. The number of carbonyl (C=O) groups excluding carboxylic acids is 1. The van der Waals surface area contributed by atoms with Crippen molar-refractivity contribution in [2.24, 2.45) is 0 Å². The molecule has 5 nitrogen and oxygen atoms in total. The molecule has 0 bridgehead atoms. The van der Waals surface area contributed by atoms with E-state index in [4.69, 9.17) is 0 Å². The highest BCUT2D eigenvalue weighted by Crippen LogP contribution is 2.17. The van der Waals surface area contributed by atoms with Crippen LogP contribution in [0, 0.1) is 0 Å². The summed E-state index contributed by atoms with van der Waals surface area (Å²) in [4.78, 5) is 13.9. The van der Waals surface area contributed by atoms with Gasteiger partial charge in [-0.05, 0) is 52.6 Å². The monoisotopic (exact) mass is 279 g/mol. The molecule has 0 aliphatic heterocycles. The maximum atomic E-state index is 11.9. The van der Waals surface area contributed by atoms with Crippen LogP contribution >= 0.6 is 0 Å². The summed E-state index contributed by atoms with van der Waals surface area (Å²) in [6.07, 6.45) is -0.549. The van der Waals surface area contributed by atoms with Gasteiger partial charge in [0.25, 0.3) is 0 Å². The minimum atomic E-state index is -0.549. The van der Waals surface area contributed by atoms with Crippen molar-refractivity contribution in [3.8, 4) is 0 Å². The zero-order valence-corrected chi connectivity index (χ0v) is 12.9. The number of likely N-dealkylation sites (N-methyl/N-ethyl adjacent to an activating group) is 1. The number of aliphatic hydroxyl groups is 1. The van der Waals surface area contributed by atoms with Gasteiger partial charge in [-0.3, -0.25) is 0 Å². The van der Waals surface area contributed by atoms with E-state index in [1.54, 1.807) is 25.1 Å². The molecule has 1 rings (SSSR count). The lowest BCUT2D eigenvalue weighted by molar-refractivity contribution is 0.189. The van der Waals surface area contributed by atoms with Crippen LogP contribution in [0.3, 0.4) is 0 Å². The van der Waals surface area contributed by atoms with E-state index in [9.17, 15) is 9.90 Å². The average molecular weight is 279 g/mol. The van der Waals surface area contributed by atoms with Gasteiger partial charge in [-0.2, -0.15) is 0 Å². The number of hydrogen-bond acceptors (Lipinski definition) is 3. The molecule has 1 aromatic carbocycles. The lowest BCUT2D eigenvalue weighted by Crippen LogP contribution is -2.49. The summed E-state index contributed by atoms with van der Waals surface area (Å²) in [6, 6.07) is 6.94. The number of carbonyl (C=O) groups is 1. The van der Waals surface area contributed by atoms with Gasteiger partial charge in [0.15, 0.2) is 0 Å². The maximum Gasteiger partial charge on any atom is 0.319 e. The lowest BCUT2D eigenvalue weighted by Gasteiger charge is -2.32. The molecule has 0 aromatic heterocycles. The van der Waals surface area contributed by atoms with Crippen molar-refractivity contribution >= 4 is 11.7 Å². The standard InChI is InChI=1S/C15H25N3O2/c1-11(19)12-7-6-8-13(9-12)17-14(20)16-10-15(2,3)18(4)5/h6-9,11,19H,10H2,1-5H3,(H2,16,17,20). The van der Waals surface area contributed by atoms with Crippen LogP contribution < -0.4 is 10.6 Å². The molecule has 0 spiro atoms. The van der Waals surface area contributed by atoms with Gasteiger partial charge in [0.2, 0.25) is 0 Å². The Morgan fingerprint density at radius 2 is 2.05 bits per heavy atom. The summed E-state index contributed by atoms with van der Waals surface area (Å²) in [6.45, 7) is 6.35. The fourth-order valence-electron chi connectivity index (χ4n) is 1.51. The van der Waals surface area contributed by atoms with Crippen LogP contribution in [-0.4, -0.2) is 42.2 Å². The summed E-state index contributed by atoms with van der Waals surface area (Å²) < 4.78 is 0. The maximum absolute atomic E-state index is 11.9. The van der Waals surface area contributed by atoms with Gasteiger partial charge in [0.1, 0.15) is 0 Å². The largest absolute Gasteiger partial charge is 0.389 e. The minimum absolute atomic E-state index is 0.112. The van der Waals surface area contributed by atoms with E-state index in [0.717, 1.165) is 5.56 Å². The molecule has 1 atom stereocenters. The number of rotatable bonds is 5. The van der Waals surface area contributed by atoms with Gasteiger partial charge >= 0.3 is 6.03 Å². The molecule has 1 aromatic rings. The fourth-order valence-corrected chi connectivity index (χ4v) is 1.51. The molecule has 1 unspecified atom stereocenters. The zero-order valence-electron chi connectivity index (χ0n) is 12.9. The van der Waals surface area contributed by atoms with Gasteiger partial charge in [-0.1, -0.05) is 12.1 Å². The summed E-state index contributed by atoms with van der Waals surface area (Å²) in [7, 11) is 3.96. The predicted molar refractivity (Wildman–Crippen MR) is 81.9 cm³/mol. The number of aliphatic hydroxyl groups excluding tert-OH is 1. The summed E-state index contributed by atoms with van der Waals surface area (Å²) in [5.74, 6) is 0. The van der Waals surface area contributed by atoms with Crippen molar-refractivity contribution in [1.82, 2.24) is 10.2 Å². The van der Waals surface area contributed by atoms with Crippen molar-refractivity contribution in [2.75, 3.05) is 26.0 Å². The fraction of sp³-hybridized carbons (Fsp3) is 0.533. The third-order valence-electron chi connectivity index (χ3n) is 3.52. The Balaban J connectivity index is 2.57. The smallest absolute Gasteiger partial charge is 0.319 e. The Morgan fingerprint density at radius 1 is 1.40 bits per heavy atom. The van der Waals surface area contributed by atoms with Crippen molar-refractivity contribution in [3.05, 3.63) is 29.8 Å². The van der Waals surface area contributed by atoms with E-state index < -0.39 is 6.10 Å². The topological polar surface area (TPSA) is 64.6 Å². The molecule has 0 saturated carbocycles. The van der Waals surface area contributed by atoms with Crippen LogP contribution in [0.25, 0.3) is 0 Å². The Bertz CT molecular complexity index is 456. The Morgan fingerprint density at radius 3 is 2.60 bits per heavy atom. The highest BCUT2D eigenvalue weighted by molar-refractivity contribution is 5.89. The summed E-state index contributed by atoms with van der Waals surface area (Å²) in [5.41, 5.74) is 1.33. The molecule has 0 saturated heterocycles. The molecule has 5 heteroatoms. The first-order valence-electron chi connectivity index (χ1n) is 6.72. The summed E-state index contributed by atoms with van der Waals surface area (Å²) in [5, 5.41) is 15.1. The highest BCUT2D eigenvalue weighted by Gasteiger charge is 2.20. The van der Waals surface area contributed by atoms with E-state index in [0.29, 0.717) is 12.2 Å². The Hall–Kier alpha value is -1.59. The minimum Gasteiger partial charge on any atom is -0.389 e. The van der Waals surface area contributed by atoms with E-state index in [2.05, 4.69) is 29.4 Å². The predicted octanol–water partition coefficient (Wildman–Crippen LogP) is 2.20. The average Bonchev–Trinajstić information content (AvgIpc) is 2.36. The molecular weight excluding hydrogens is 254 g/mol. The molecule has 0 radical (unpaired) electrons. The number of amides is 2. The van der Waals surface area contributed by atoms with E-state index in [1.165, 1.54) is 0 Å². The Kier molecular flexibility index (Phi) is 5.53. The van der Waals surface area contributed by atoms with E-state index >= 15 is 0 Å². The Labute approximate surface area is 121 Å². The van der Waals surface area contributed by atoms with Crippen LogP contribution in [0.5, 0.6) is 0 Å². The first-order chi connectivity index (χ1) is 9.22. The molecular formula is C15H25N3O2. The number of nitrogens with one attached hydrogen (secondary N) is 2. The number of hydrogen-bond donors (Lipinski definition) is 3. The van der Waals surface area contributed by atoms with Crippen LogP contribution in [0.4, 0.5) is 10.5 Å².